The Labute approximate surface area is 133 Å². The first-order chi connectivity index (χ1) is 11.1. The second-order valence-corrected chi connectivity index (χ2v) is 4.84. The van der Waals surface area contributed by atoms with E-state index >= 15 is 0 Å². The second-order valence-electron chi connectivity index (χ2n) is 4.84. The van der Waals surface area contributed by atoms with Crippen molar-refractivity contribution in [3.05, 3.63) is 59.8 Å². The standard InChI is InChI=1S/C17H18FNO4/c1-2-22-16(20)9-10-19(12-13-6-5-11-23-13)17(21)14-7-3-4-8-15(14)18/h3-8,11H,2,9-10,12H2,1H3. The quantitative estimate of drug-likeness (QED) is 0.736. The Morgan fingerprint density at radius 1 is 1.22 bits per heavy atom. The highest BCUT2D eigenvalue weighted by molar-refractivity contribution is 5.94. The Kier molecular flexibility index (Phi) is 5.91. The highest BCUT2D eigenvalue weighted by Gasteiger charge is 2.21. The van der Waals surface area contributed by atoms with Crippen LogP contribution in [0.2, 0.25) is 0 Å². The number of benzene rings is 1. The summed E-state index contributed by atoms with van der Waals surface area (Å²) in [6.07, 6.45) is 1.53. The third-order valence-corrected chi connectivity index (χ3v) is 3.21. The minimum Gasteiger partial charge on any atom is -0.467 e. The molecule has 23 heavy (non-hydrogen) atoms. The Hall–Kier alpha value is -2.63. The zero-order valence-electron chi connectivity index (χ0n) is 12.8. The largest absolute Gasteiger partial charge is 0.467 e. The van der Waals surface area contributed by atoms with Crippen LogP contribution >= 0.6 is 0 Å². The van der Waals surface area contributed by atoms with Gasteiger partial charge in [-0.25, -0.2) is 4.39 Å². The van der Waals surface area contributed by atoms with Crippen LogP contribution in [-0.4, -0.2) is 29.9 Å². The zero-order chi connectivity index (χ0) is 16.7. The highest BCUT2D eigenvalue weighted by atomic mass is 19.1. The molecule has 2 rings (SSSR count). The van der Waals surface area contributed by atoms with E-state index in [1.165, 1.54) is 29.4 Å². The van der Waals surface area contributed by atoms with Crippen molar-refractivity contribution in [2.45, 2.75) is 19.9 Å². The van der Waals surface area contributed by atoms with Crippen molar-refractivity contribution in [1.82, 2.24) is 4.90 Å². The van der Waals surface area contributed by atoms with Crippen LogP contribution in [0.1, 0.15) is 29.5 Å². The minimum absolute atomic E-state index is 0.0364. The molecule has 0 aliphatic rings. The van der Waals surface area contributed by atoms with E-state index in [0.717, 1.165) is 0 Å². The van der Waals surface area contributed by atoms with Crippen LogP contribution in [0.25, 0.3) is 0 Å². The number of hydrogen-bond acceptors (Lipinski definition) is 4. The molecule has 122 valence electrons. The molecule has 1 amide bonds. The molecule has 1 aromatic carbocycles. The lowest BCUT2D eigenvalue weighted by Gasteiger charge is -2.21. The van der Waals surface area contributed by atoms with Crippen LogP contribution in [0.5, 0.6) is 0 Å². The maximum atomic E-state index is 13.8. The van der Waals surface area contributed by atoms with Crippen LogP contribution in [0, 0.1) is 5.82 Å². The molecule has 0 fully saturated rings. The van der Waals surface area contributed by atoms with Crippen LogP contribution < -0.4 is 0 Å². The van der Waals surface area contributed by atoms with Crippen molar-refractivity contribution in [3.8, 4) is 0 Å². The number of carbonyl (C=O) groups excluding carboxylic acids is 2. The van der Waals surface area contributed by atoms with Crippen LogP contribution in [0.3, 0.4) is 0 Å². The van der Waals surface area contributed by atoms with E-state index in [1.54, 1.807) is 25.1 Å². The van der Waals surface area contributed by atoms with Crippen LogP contribution in [0.15, 0.2) is 47.1 Å². The maximum Gasteiger partial charge on any atom is 0.307 e. The predicted octanol–water partition coefficient (Wildman–Crippen LogP) is 3.01. The molecular weight excluding hydrogens is 301 g/mol. The first kappa shape index (κ1) is 16.7. The number of hydrogen-bond donors (Lipinski definition) is 0. The molecule has 0 bridgehead atoms. The normalized spacial score (nSPS) is 10.3. The van der Waals surface area contributed by atoms with Crippen molar-refractivity contribution in [2.75, 3.05) is 13.2 Å². The van der Waals surface area contributed by atoms with Crippen LogP contribution in [0.4, 0.5) is 4.39 Å². The number of rotatable bonds is 7. The molecule has 1 aromatic heterocycles. The van der Waals surface area contributed by atoms with Gasteiger partial charge in [0.1, 0.15) is 11.6 Å². The van der Waals surface area contributed by atoms with Gasteiger partial charge in [-0.1, -0.05) is 12.1 Å². The van der Waals surface area contributed by atoms with Gasteiger partial charge in [-0.05, 0) is 31.2 Å². The Morgan fingerprint density at radius 3 is 2.65 bits per heavy atom. The average Bonchev–Trinajstić information content (AvgIpc) is 3.04. The van der Waals surface area contributed by atoms with Gasteiger partial charge in [0.25, 0.3) is 5.91 Å². The fraction of sp³-hybridized carbons (Fsp3) is 0.294. The Balaban J connectivity index is 2.13. The molecule has 0 aliphatic carbocycles. The molecule has 0 radical (unpaired) electrons. The molecule has 2 aromatic rings. The smallest absolute Gasteiger partial charge is 0.307 e. The first-order valence-electron chi connectivity index (χ1n) is 7.33. The van der Waals surface area contributed by atoms with Gasteiger partial charge >= 0.3 is 5.97 Å². The zero-order valence-corrected chi connectivity index (χ0v) is 12.8. The summed E-state index contributed by atoms with van der Waals surface area (Å²) in [6, 6.07) is 9.16. The molecule has 0 aliphatic heterocycles. The lowest BCUT2D eigenvalue weighted by molar-refractivity contribution is -0.143. The molecule has 0 atom stereocenters. The fourth-order valence-corrected chi connectivity index (χ4v) is 2.11. The van der Waals surface area contributed by atoms with Gasteiger partial charge in [-0.2, -0.15) is 0 Å². The van der Waals surface area contributed by atoms with E-state index in [-0.39, 0.29) is 31.7 Å². The van der Waals surface area contributed by atoms with E-state index in [1.807, 2.05) is 0 Å². The molecule has 0 N–H and O–H groups in total. The summed E-state index contributed by atoms with van der Waals surface area (Å²) < 4.78 is 23.9. The molecular formula is C17H18FNO4. The summed E-state index contributed by atoms with van der Waals surface area (Å²) in [7, 11) is 0. The summed E-state index contributed by atoms with van der Waals surface area (Å²) >= 11 is 0. The summed E-state index contributed by atoms with van der Waals surface area (Å²) in [4.78, 5) is 25.4. The number of nitrogens with zero attached hydrogens (tertiary/aromatic N) is 1. The van der Waals surface area contributed by atoms with Crippen molar-refractivity contribution >= 4 is 11.9 Å². The molecule has 1 heterocycles. The van der Waals surface area contributed by atoms with Gasteiger partial charge < -0.3 is 14.1 Å². The number of ether oxygens (including phenoxy) is 1. The third kappa shape index (κ3) is 4.67. The maximum absolute atomic E-state index is 13.8. The topological polar surface area (TPSA) is 59.8 Å². The molecule has 5 nitrogen and oxygen atoms in total. The Morgan fingerprint density at radius 2 is 2.00 bits per heavy atom. The van der Waals surface area contributed by atoms with Crippen molar-refractivity contribution in [3.63, 3.8) is 0 Å². The monoisotopic (exact) mass is 319 g/mol. The van der Waals surface area contributed by atoms with E-state index in [2.05, 4.69) is 0 Å². The minimum atomic E-state index is -0.599. The number of carbonyl (C=O) groups is 2. The number of halogens is 1. The van der Waals surface area contributed by atoms with E-state index in [4.69, 9.17) is 9.15 Å². The first-order valence-corrected chi connectivity index (χ1v) is 7.33. The van der Waals surface area contributed by atoms with Crippen molar-refractivity contribution in [2.24, 2.45) is 0 Å². The highest BCUT2D eigenvalue weighted by Crippen LogP contribution is 2.14. The summed E-state index contributed by atoms with van der Waals surface area (Å²) in [5.74, 6) is -0.946. The lowest BCUT2D eigenvalue weighted by atomic mass is 10.1. The Bertz CT molecular complexity index is 654. The molecule has 0 saturated heterocycles. The number of furan rings is 1. The van der Waals surface area contributed by atoms with Gasteiger partial charge in [0.05, 0.1) is 31.4 Å². The van der Waals surface area contributed by atoms with Crippen molar-refractivity contribution < 1.29 is 23.1 Å². The molecule has 0 saturated carbocycles. The summed E-state index contributed by atoms with van der Waals surface area (Å²) in [5.41, 5.74) is -0.0390. The summed E-state index contributed by atoms with van der Waals surface area (Å²) in [6.45, 7) is 2.26. The average molecular weight is 319 g/mol. The number of amides is 1. The van der Waals surface area contributed by atoms with Crippen molar-refractivity contribution in [1.29, 1.82) is 0 Å². The molecule has 0 unspecified atom stereocenters. The van der Waals surface area contributed by atoms with E-state index < -0.39 is 17.7 Å². The third-order valence-electron chi connectivity index (χ3n) is 3.21. The van der Waals surface area contributed by atoms with Gasteiger partial charge in [-0.15, -0.1) is 0 Å². The fourth-order valence-electron chi connectivity index (χ4n) is 2.11. The van der Waals surface area contributed by atoms with Gasteiger partial charge in [0, 0.05) is 6.54 Å². The van der Waals surface area contributed by atoms with Gasteiger partial charge in [0.2, 0.25) is 0 Å². The van der Waals surface area contributed by atoms with E-state index in [9.17, 15) is 14.0 Å². The van der Waals surface area contributed by atoms with Gasteiger partial charge in [-0.3, -0.25) is 9.59 Å². The van der Waals surface area contributed by atoms with E-state index in [0.29, 0.717) is 5.76 Å². The SMILES string of the molecule is CCOC(=O)CCN(Cc1ccco1)C(=O)c1ccccc1F. The van der Waals surface area contributed by atoms with Gasteiger partial charge in [0.15, 0.2) is 0 Å². The second kappa shape index (κ2) is 8.12. The molecule has 6 heteroatoms. The lowest BCUT2D eigenvalue weighted by Crippen LogP contribution is -2.33. The molecule has 0 spiro atoms. The summed E-state index contributed by atoms with van der Waals surface area (Å²) in [5, 5.41) is 0. The predicted molar refractivity (Wildman–Crippen MR) is 81.1 cm³/mol. The number of esters is 1. The van der Waals surface area contributed by atoms with Crippen LogP contribution in [-0.2, 0) is 16.1 Å².